The topological polar surface area (TPSA) is 115 Å². The van der Waals surface area contributed by atoms with E-state index in [4.69, 9.17) is 10.1 Å². The summed E-state index contributed by atoms with van der Waals surface area (Å²) in [5.74, 6) is 1.54. The van der Waals surface area contributed by atoms with E-state index in [1.807, 2.05) is 31.3 Å². The van der Waals surface area contributed by atoms with Crippen molar-refractivity contribution in [3.05, 3.63) is 47.4 Å². The molecule has 0 aliphatic carbocycles. The fourth-order valence-corrected chi connectivity index (χ4v) is 5.88. The molecule has 1 aromatic carbocycles. The van der Waals surface area contributed by atoms with E-state index in [0.717, 1.165) is 73.5 Å². The zero-order valence-electron chi connectivity index (χ0n) is 24.3. The van der Waals surface area contributed by atoms with Crippen LogP contribution in [0.1, 0.15) is 56.9 Å². The molecule has 2 aromatic heterocycles. The van der Waals surface area contributed by atoms with Crippen molar-refractivity contribution >= 4 is 17.3 Å². The number of halogens is 1. The first-order chi connectivity index (χ1) is 19.8. The maximum absolute atomic E-state index is 12.8. The number of aromatic nitrogens is 4. The third kappa shape index (κ3) is 6.36. The largest absolute Gasteiger partial charge is 0.395 e. The first-order valence-corrected chi connectivity index (χ1v) is 14.7. The van der Waals surface area contributed by atoms with Crippen molar-refractivity contribution in [2.45, 2.75) is 58.4 Å². The van der Waals surface area contributed by atoms with Gasteiger partial charge in [-0.3, -0.25) is 4.68 Å². The van der Waals surface area contributed by atoms with E-state index in [9.17, 15) is 14.8 Å². The molecular formula is C31H41FN8O. The van der Waals surface area contributed by atoms with Crippen LogP contribution < -0.4 is 10.6 Å². The number of rotatable bonds is 11. The minimum absolute atomic E-state index is 0.0161. The van der Waals surface area contributed by atoms with Crippen LogP contribution in [0, 0.1) is 23.2 Å². The fraction of sp³-hybridized carbons (Fsp3) is 0.548. The highest BCUT2D eigenvalue weighted by Gasteiger charge is 2.36. The van der Waals surface area contributed by atoms with Crippen LogP contribution in [0.2, 0.25) is 0 Å². The van der Waals surface area contributed by atoms with Crippen molar-refractivity contribution in [2.75, 3.05) is 50.1 Å². The number of aliphatic hydroxyl groups is 1. The molecule has 218 valence electrons. The Kier molecular flexibility index (Phi) is 8.85. The Morgan fingerprint density at radius 1 is 1.29 bits per heavy atom. The lowest BCUT2D eigenvalue weighted by atomic mass is 9.83. The highest BCUT2D eigenvalue weighted by Crippen LogP contribution is 2.41. The van der Waals surface area contributed by atoms with Crippen molar-refractivity contribution in [3.8, 4) is 17.3 Å². The molecule has 2 aliphatic rings. The highest BCUT2D eigenvalue weighted by molar-refractivity contribution is 5.76. The summed E-state index contributed by atoms with van der Waals surface area (Å²) in [4.78, 5) is 11.5. The van der Waals surface area contributed by atoms with Crippen molar-refractivity contribution < 1.29 is 9.50 Å². The molecule has 3 N–H and O–H groups in total. The van der Waals surface area contributed by atoms with Gasteiger partial charge in [0, 0.05) is 36.8 Å². The molecule has 2 aliphatic heterocycles. The number of piperidine rings is 1. The molecular weight excluding hydrogens is 519 g/mol. The van der Waals surface area contributed by atoms with Gasteiger partial charge in [-0.05, 0) is 74.4 Å². The molecule has 10 heteroatoms. The number of likely N-dealkylation sites (tertiary alicyclic amines) is 1. The van der Waals surface area contributed by atoms with Gasteiger partial charge in [0.2, 0.25) is 5.95 Å². The number of aliphatic hydroxyl groups excluding tert-OH is 1. The van der Waals surface area contributed by atoms with Crippen LogP contribution in [0.3, 0.4) is 0 Å². The summed E-state index contributed by atoms with van der Waals surface area (Å²) in [6.07, 6.45) is 7.62. The van der Waals surface area contributed by atoms with Gasteiger partial charge in [-0.25, -0.2) is 14.4 Å². The Balaban J connectivity index is 1.38. The quantitative estimate of drug-likeness (QED) is 0.303. The lowest BCUT2D eigenvalue weighted by molar-refractivity contribution is 0.160. The molecule has 5 rings (SSSR count). The van der Waals surface area contributed by atoms with Gasteiger partial charge in [-0.1, -0.05) is 20.8 Å². The minimum atomic E-state index is -0.463. The molecule has 9 nitrogen and oxygen atoms in total. The van der Waals surface area contributed by atoms with Crippen molar-refractivity contribution in [2.24, 2.45) is 11.8 Å². The van der Waals surface area contributed by atoms with E-state index in [-0.39, 0.29) is 13.3 Å². The van der Waals surface area contributed by atoms with Crippen LogP contribution in [-0.4, -0.2) is 69.2 Å². The summed E-state index contributed by atoms with van der Waals surface area (Å²) in [7, 11) is 0. The molecule has 0 amide bonds. The van der Waals surface area contributed by atoms with E-state index >= 15 is 0 Å². The second-order valence-electron chi connectivity index (χ2n) is 12.1. The van der Waals surface area contributed by atoms with Gasteiger partial charge in [0.1, 0.15) is 12.7 Å². The minimum Gasteiger partial charge on any atom is -0.395 e. The summed E-state index contributed by atoms with van der Waals surface area (Å²) in [5, 5.41) is 31.4. The van der Waals surface area contributed by atoms with E-state index < -0.39 is 5.41 Å². The Morgan fingerprint density at radius 3 is 2.80 bits per heavy atom. The second-order valence-corrected chi connectivity index (χ2v) is 12.1. The number of benzene rings is 1. The molecule has 0 radical (unpaired) electrons. The molecule has 3 aromatic rings. The number of anilines is 3. The molecule has 4 heterocycles. The van der Waals surface area contributed by atoms with Crippen LogP contribution in [0.5, 0.6) is 0 Å². The van der Waals surface area contributed by atoms with Crippen molar-refractivity contribution in [1.29, 1.82) is 5.26 Å². The molecule has 1 unspecified atom stereocenters. The van der Waals surface area contributed by atoms with Gasteiger partial charge >= 0.3 is 0 Å². The van der Waals surface area contributed by atoms with Crippen LogP contribution in [-0.2, 0) is 18.4 Å². The zero-order chi connectivity index (χ0) is 29.0. The molecule has 41 heavy (non-hydrogen) atoms. The Bertz CT molecular complexity index is 1390. The highest BCUT2D eigenvalue weighted by atomic mass is 19.1. The third-order valence-corrected chi connectivity index (χ3v) is 8.56. The normalized spacial score (nSPS) is 19.2. The van der Waals surface area contributed by atoms with Crippen LogP contribution in [0.25, 0.3) is 11.3 Å². The standard InChI is InChI=1S/C31H41FN8O/c1-21(2)4-5-28-27(17-36-40(28)18-22-7-11-39(12-8-22)13-9-32)38-30-34-10-6-26(37-30)23-14-24(16-33)29-25(15-23)31(3,20-41)19-35-29/h6,10,14-15,17,21-22,35,41H,4-5,7-9,11-13,18-20H2,1-3H3,(H,34,37,38). The Hall–Kier alpha value is -3.55. The summed E-state index contributed by atoms with van der Waals surface area (Å²) < 4.78 is 14.9. The van der Waals surface area contributed by atoms with E-state index in [0.29, 0.717) is 42.1 Å². The average molecular weight is 561 g/mol. The predicted octanol–water partition coefficient (Wildman–Crippen LogP) is 4.90. The maximum atomic E-state index is 12.8. The SMILES string of the molecule is CC(C)CCc1c(Nc2nccc(-c3cc(C#N)c4c(c3)C(C)(CO)CN4)n2)cnn1CC1CCN(CCF)CC1. The van der Waals surface area contributed by atoms with Gasteiger partial charge < -0.3 is 20.6 Å². The number of alkyl halides is 1. The Labute approximate surface area is 241 Å². The van der Waals surface area contributed by atoms with Gasteiger partial charge in [-0.15, -0.1) is 0 Å². The monoisotopic (exact) mass is 560 g/mol. The van der Waals surface area contributed by atoms with Crippen LogP contribution in [0.15, 0.2) is 30.6 Å². The molecule has 1 fully saturated rings. The number of nitriles is 1. The predicted molar refractivity (Wildman–Crippen MR) is 159 cm³/mol. The zero-order valence-corrected chi connectivity index (χ0v) is 24.3. The van der Waals surface area contributed by atoms with Gasteiger partial charge in [0.25, 0.3) is 0 Å². The van der Waals surface area contributed by atoms with Crippen LogP contribution >= 0.6 is 0 Å². The molecule has 0 saturated carbocycles. The molecule has 0 bridgehead atoms. The fourth-order valence-electron chi connectivity index (χ4n) is 5.88. The third-order valence-electron chi connectivity index (χ3n) is 8.56. The molecule has 0 spiro atoms. The second kappa shape index (κ2) is 12.5. The lowest BCUT2D eigenvalue weighted by Crippen LogP contribution is -2.36. The number of hydrogen-bond acceptors (Lipinski definition) is 8. The lowest BCUT2D eigenvalue weighted by Gasteiger charge is -2.31. The van der Waals surface area contributed by atoms with E-state index in [2.05, 4.69) is 45.1 Å². The van der Waals surface area contributed by atoms with Gasteiger partial charge in [0.05, 0.1) is 41.1 Å². The maximum Gasteiger partial charge on any atom is 0.227 e. The van der Waals surface area contributed by atoms with Gasteiger partial charge in [-0.2, -0.15) is 10.4 Å². The smallest absolute Gasteiger partial charge is 0.227 e. The van der Waals surface area contributed by atoms with Gasteiger partial charge in [0.15, 0.2) is 0 Å². The number of fused-ring (bicyclic) bond motifs is 1. The first-order valence-electron chi connectivity index (χ1n) is 14.7. The average Bonchev–Trinajstić information content (AvgIpc) is 3.52. The first kappa shape index (κ1) is 29.0. The summed E-state index contributed by atoms with van der Waals surface area (Å²) >= 11 is 0. The number of nitrogens with zero attached hydrogens (tertiary/aromatic N) is 6. The number of hydrogen-bond donors (Lipinski definition) is 3. The van der Waals surface area contributed by atoms with Crippen molar-refractivity contribution in [1.82, 2.24) is 24.6 Å². The summed E-state index contributed by atoms with van der Waals surface area (Å²) in [5.41, 5.74) is 5.35. The van der Waals surface area contributed by atoms with Crippen LogP contribution in [0.4, 0.5) is 21.7 Å². The van der Waals surface area contributed by atoms with E-state index in [1.54, 1.807) is 6.20 Å². The Morgan fingerprint density at radius 2 is 2.10 bits per heavy atom. The summed E-state index contributed by atoms with van der Waals surface area (Å²) in [6.45, 7) is 9.98. The van der Waals surface area contributed by atoms with E-state index in [1.165, 1.54) is 0 Å². The molecule has 1 saturated heterocycles. The molecule has 1 atom stereocenters. The summed E-state index contributed by atoms with van der Waals surface area (Å²) in [6, 6.07) is 7.99. The van der Waals surface area contributed by atoms with Crippen molar-refractivity contribution in [3.63, 3.8) is 0 Å². The number of nitrogens with one attached hydrogen (secondary N) is 2.